The molecule has 2 rings (SSSR count). The van der Waals surface area contributed by atoms with Crippen LogP contribution in [0.3, 0.4) is 0 Å². The molecule has 1 saturated heterocycles. The zero-order valence-corrected chi connectivity index (χ0v) is 12.7. The highest BCUT2D eigenvalue weighted by molar-refractivity contribution is 5.84. The molecule has 1 amide bonds. The zero-order valence-electron chi connectivity index (χ0n) is 12.7. The predicted molar refractivity (Wildman–Crippen MR) is 81.0 cm³/mol. The summed E-state index contributed by atoms with van der Waals surface area (Å²) in [5.74, 6) is -0.771. The maximum absolute atomic E-state index is 13.4. The van der Waals surface area contributed by atoms with Crippen LogP contribution in [0.25, 0.3) is 0 Å². The molecular formula is C16H21FN2O3. The van der Waals surface area contributed by atoms with Crippen molar-refractivity contribution >= 4 is 17.6 Å². The molecule has 22 heavy (non-hydrogen) atoms. The number of halogens is 1. The lowest BCUT2D eigenvalue weighted by molar-refractivity contribution is -0.151. The van der Waals surface area contributed by atoms with E-state index in [0.29, 0.717) is 43.7 Å². The summed E-state index contributed by atoms with van der Waals surface area (Å²) in [5.41, 5.74) is 1.30. The molecule has 1 atom stereocenters. The molecule has 5 nitrogen and oxygen atoms in total. The van der Waals surface area contributed by atoms with Crippen LogP contribution in [0.1, 0.15) is 31.2 Å². The second-order valence-corrected chi connectivity index (χ2v) is 5.42. The Morgan fingerprint density at radius 1 is 1.45 bits per heavy atom. The van der Waals surface area contributed by atoms with Gasteiger partial charge in [0.25, 0.3) is 0 Å². The largest absolute Gasteiger partial charge is 0.464 e. The molecule has 0 radical (unpaired) electrons. The second kappa shape index (κ2) is 7.77. The van der Waals surface area contributed by atoms with Crippen LogP contribution in [0.4, 0.5) is 10.1 Å². The van der Waals surface area contributed by atoms with Crippen LogP contribution in [0.15, 0.2) is 18.2 Å². The van der Waals surface area contributed by atoms with Gasteiger partial charge in [0.1, 0.15) is 11.9 Å². The number of carbonyl (C=O) groups excluding carboxylic acids is 2. The quantitative estimate of drug-likeness (QED) is 0.624. The van der Waals surface area contributed by atoms with E-state index in [9.17, 15) is 14.0 Å². The first kappa shape index (κ1) is 16.3. The van der Waals surface area contributed by atoms with Gasteiger partial charge in [-0.25, -0.2) is 9.18 Å². The van der Waals surface area contributed by atoms with E-state index in [1.165, 1.54) is 6.07 Å². The third-order valence-corrected chi connectivity index (χ3v) is 3.58. The Labute approximate surface area is 129 Å². The summed E-state index contributed by atoms with van der Waals surface area (Å²) in [6.45, 7) is 2.70. The molecule has 0 saturated carbocycles. The van der Waals surface area contributed by atoms with Crippen molar-refractivity contribution in [2.45, 2.75) is 38.6 Å². The Kier molecular flexibility index (Phi) is 5.75. The molecule has 1 aliphatic heterocycles. The lowest BCUT2D eigenvalue weighted by Crippen LogP contribution is -2.44. The maximum atomic E-state index is 13.4. The highest BCUT2D eigenvalue weighted by Crippen LogP contribution is 2.13. The molecule has 0 aromatic heterocycles. The number of benzene rings is 1. The number of nitrogens with one attached hydrogen (secondary N) is 2. The lowest BCUT2D eigenvalue weighted by atomic mass is 10.1. The molecule has 0 spiro atoms. The number of aryl methyl sites for hydroxylation is 1. The van der Waals surface area contributed by atoms with Gasteiger partial charge in [-0.15, -0.1) is 0 Å². The van der Waals surface area contributed by atoms with Gasteiger partial charge in [0.2, 0.25) is 5.91 Å². The van der Waals surface area contributed by atoms with Crippen LogP contribution >= 0.6 is 0 Å². The first-order valence-corrected chi connectivity index (χ1v) is 7.52. The lowest BCUT2D eigenvalue weighted by Gasteiger charge is -2.21. The van der Waals surface area contributed by atoms with Gasteiger partial charge in [-0.3, -0.25) is 4.79 Å². The van der Waals surface area contributed by atoms with Gasteiger partial charge in [0.05, 0.1) is 6.61 Å². The van der Waals surface area contributed by atoms with Crippen LogP contribution in [0, 0.1) is 12.7 Å². The van der Waals surface area contributed by atoms with E-state index < -0.39 is 6.04 Å². The van der Waals surface area contributed by atoms with Gasteiger partial charge >= 0.3 is 5.97 Å². The molecule has 1 aliphatic rings. The number of esters is 1. The number of rotatable bonds is 6. The van der Waals surface area contributed by atoms with Crippen molar-refractivity contribution in [2.24, 2.45) is 0 Å². The van der Waals surface area contributed by atoms with Crippen LogP contribution in [-0.2, 0) is 14.3 Å². The Morgan fingerprint density at radius 3 is 3.00 bits per heavy atom. The molecule has 1 aromatic carbocycles. The average molecular weight is 308 g/mol. The maximum Gasteiger partial charge on any atom is 0.328 e. The number of cyclic esters (lactones) is 1. The van der Waals surface area contributed by atoms with Gasteiger partial charge in [0, 0.05) is 18.7 Å². The van der Waals surface area contributed by atoms with Crippen molar-refractivity contribution in [3.05, 3.63) is 29.6 Å². The summed E-state index contributed by atoms with van der Waals surface area (Å²) in [5, 5.41) is 5.75. The predicted octanol–water partition coefficient (Wildman–Crippen LogP) is 2.15. The minimum Gasteiger partial charge on any atom is -0.464 e. The van der Waals surface area contributed by atoms with Gasteiger partial charge in [-0.05, 0) is 43.9 Å². The first-order valence-electron chi connectivity index (χ1n) is 7.52. The number of amides is 1. The molecule has 2 N–H and O–H groups in total. The molecule has 1 aromatic rings. The normalized spacial score (nSPS) is 17.7. The number of hydrogen-bond donors (Lipinski definition) is 2. The van der Waals surface area contributed by atoms with Gasteiger partial charge in [-0.2, -0.15) is 0 Å². The highest BCUT2D eigenvalue weighted by Gasteiger charge is 2.25. The molecule has 1 fully saturated rings. The number of hydrogen-bond acceptors (Lipinski definition) is 4. The second-order valence-electron chi connectivity index (χ2n) is 5.42. The summed E-state index contributed by atoms with van der Waals surface area (Å²) in [6, 6.07) is 4.43. The molecule has 0 aliphatic carbocycles. The summed E-state index contributed by atoms with van der Waals surface area (Å²) < 4.78 is 18.3. The molecule has 1 heterocycles. The van der Waals surface area contributed by atoms with Crippen LogP contribution < -0.4 is 10.6 Å². The van der Waals surface area contributed by atoms with E-state index in [0.717, 1.165) is 6.42 Å². The molecule has 1 unspecified atom stereocenters. The van der Waals surface area contributed by atoms with Gasteiger partial charge in [0.15, 0.2) is 0 Å². The molecule has 0 bridgehead atoms. The highest BCUT2D eigenvalue weighted by atomic mass is 19.1. The van der Waals surface area contributed by atoms with Crippen molar-refractivity contribution in [1.29, 1.82) is 0 Å². The zero-order chi connectivity index (χ0) is 15.9. The first-order chi connectivity index (χ1) is 10.6. The minimum absolute atomic E-state index is 0.166. The van der Waals surface area contributed by atoms with Crippen molar-refractivity contribution in [3.63, 3.8) is 0 Å². The van der Waals surface area contributed by atoms with E-state index in [4.69, 9.17) is 4.74 Å². The van der Waals surface area contributed by atoms with Crippen molar-refractivity contribution < 1.29 is 18.7 Å². The molecular weight excluding hydrogens is 287 g/mol. The van der Waals surface area contributed by atoms with Crippen LogP contribution in [0.2, 0.25) is 0 Å². The minimum atomic E-state index is -0.514. The summed E-state index contributed by atoms with van der Waals surface area (Å²) in [7, 11) is 0. The third-order valence-electron chi connectivity index (χ3n) is 3.58. The van der Waals surface area contributed by atoms with Crippen molar-refractivity contribution in [1.82, 2.24) is 5.32 Å². The fourth-order valence-corrected chi connectivity index (χ4v) is 2.26. The third kappa shape index (κ3) is 4.72. The fourth-order valence-electron chi connectivity index (χ4n) is 2.26. The Balaban J connectivity index is 1.66. The Morgan fingerprint density at radius 2 is 2.27 bits per heavy atom. The Hall–Kier alpha value is -2.11. The van der Waals surface area contributed by atoms with Crippen LogP contribution in [-0.4, -0.2) is 31.1 Å². The molecule has 120 valence electrons. The summed E-state index contributed by atoms with van der Waals surface area (Å²) >= 11 is 0. The monoisotopic (exact) mass is 308 g/mol. The topological polar surface area (TPSA) is 67.4 Å². The number of ether oxygens (including phenoxy) is 1. The van der Waals surface area contributed by atoms with E-state index in [1.54, 1.807) is 19.1 Å². The summed E-state index contributed by atoms with van der Waals surface area (Å²) in [4.78, 5) is 23.2. The van der Waals surface area contributed by atoms with Crippen molar-refractivity contribution in [3.8, 4) is 0 Å². The average Bonchev–Trinajstić information content (AvgIpc) is 2.49. The van der Waals surface area contributed by atoms with E-state index in [-0.39, 0.29) is 17.7 Å². The summed E-state index contributed by atoms with van der Waals surface area (Å²) in [6.07, 6.45) is 2.32. The van der Waals surface area contributed by atoms with E-state index >= 15 is 0 Å². The van der Waals surface area contributed by atoms with Crippen molar-refractivity contribution in [2.75, 3.05) is 18.5 Å². The van der Waals surface area contributed by atoms with E-state index in [1.807, 2.05) is 0 Å². The fraction of sp³-hybridized carbons (Fsp3) is 0.500. The standard InChI is InChI=1S/C16H21FN2O3/c1-11-6-7-12(10-13(11)17)18-8-2-5-15(20)19-14-4-3-9-22-16(14)21/h6-7,10,14,18H,2-5,8-9H2,1H3,(H,19,20). The molecule has 6 heteroatoms. The van der Waals surface area contributed by atoms with Gasteiger partial charge in [-0.1, -0.05) is 6.07 Å². The SMILES string of the molecule is Cc1ccc(NCCCC(=O)NC2CCCOC2=O)cc1F. The van der Waals surface area contributed by atoms with E-state index in [2.05, 4.69) is 10.6 Å². The van der Waals surface area contributed by atoms with Gasteiger partial charge < -0.3 is 15.4 Å². The smallest absolute Gasteiger partial charge is 0.328 e. The number of carbonyl (C=O) groups is 2. The van der Waals surface area contributed by atoms with Crippen LogP contribution in [0.5, 0.6) is 0 Å². The number of anilines is 1. The Bertz CT molecular complexity index is 548.